The molecular weight excluding hydrogens is 254 g/mol. The van der Waals surface area contributed by atoms with Crippen LogP contribution >= 0.6 is 0 Å². The van der Waals surface area contributed by atoms with Crippen molar-refractivity contribution in [1.82, 2.24) is 0 Å². The van der Waals surface area contributed by atoms with Gasteiger partial charge in [-0.3, -0.25) is 4.79 Å². The highest BCUT2D eigenvalue weighted by atomic mass is 16.5. The fourth-order valence-electron chi connectivity index (χ4n) is 2.04. The van der Waals surface area contributed by atoms with Crippen LogP contribution in [0.2, 0.25) is 0 Å². The van der Waals surface area contributed by atoms with E-state index in [0.717, 1.165) is 17.7 Å². The highest BCUT2D eigenvalue weighted by Crippen LogP contribution is 2.25. The lowest BCUT2D eigenvalue weighted by Crippen LogP contribution is -2.29. The number of esters is 1. The zero-order valence-corrected chi connectivity index (χ0v) is 12.8. The molecule has 112 valence electrons. The van der Waals surface area contributed by atoms with Crippen LogP contribution in [-0.2, 0) is 16.1 Å². The van der Waals surface area contributed by atoms with Crippen LogP contribution in [0.15, 0.2) is 24.3 Å². The summed E-state index contributed by atoms with van der Waals surface area (Å²) in [5.41, 5.74) is 6.64. The third kappa shape index (κ3) is 5.61. The highest BCUT2D eigenvalue weighted by molar-refractivity contribution is 5.72. The van der Waals surface area contributed by atoms with Crippen molar-refractivity contribution in [3.8, 4) is 5.75 Å². The molecule has 4 nitrogen and oxygen atoms in total. The minimum atomic E-state index is -0.249. The maximum absolute atomic E-state index is 12.0. The second-order valence-electron chi connectivity index (χ2n) is 6.16. The summed E-state index contributed by atoms with van der Waals surface area (Å²) in [6.45, 7) is 6.83. The molecule has 0 radical (unpaired) electrons. The maximum atomic E-state index is 12.0. The first kappa shape index (κ1) is 16.5. The standard InChI is InChI=1S/C16H25NO3/c1-16(2,3)9-13(10-17)15(18)20-11-12-6-5-7-14(8-12)19-4/h5-8,13H,9-11,17H2,1-4H3. The van der Waals surface area contributed by atoms with Gasteiger partial charge in [0.1, 0.15) is 12.4 Å². The Labute approximate surface area is 121 Å². The Bertz CT molecular complexity index is 438. The van der Waals surface area contributed by atoms with E-state index in [-0.39, 0.29) is 23.9 Å². The average molecular weight is 279 g/mol. The Morgan fingerprint density at radius 1 is 1.35 bits per heavy atom. The van der Waals surface area contributed by atoms with E-state index in [2.05, 4.69) is 20.8 Å². The fourth-order valence-corrected chi connectivity index (χ4v) is 2.04. The van der Waals surface area contributed by atoms with E-state index in [0.29, 0.717) is 6.54 Å². The summed E-state index contributed by atoms with van der Waals surface area (Å²) in [4.78, 5) is 12.0. The van der Waals surface area contributed by atoms with E-state index >= 15 is 0 Å². The minimum absolute atomic E-state index is 0.0546. The molecular formula is C16H25NO3. The molecule has 0 saturated carbocycles. The predicted molar refractivity (Wildman–Crippen MR) is 79.4 cm³/mol. The maximum Gasteiger partial charge on any atom is 0.310 e. The van der Waals surface area contributed by atoms with E-state index in [1.165, 1.54) is 0 Å². The Morgan fingerprint density at radius 2 is 2.05 bits per heavy atom. The van der Waals surface area contributed by atoms with Crippen LogP contribution in [0.4, 0.5) is 0 Å². The van der Waals surface area contributed by atoms with Crippen LogP contribution in [0.25, 0.3) is 0 Å². The summed E-state index contributed by atoms with van der Waals surface area (Å²) in [6, 6.07) is 7.48. The summed E-state index contributed by atoms with van der Waals surface area (Å²) in [6.07, 6.45) is 0.723. The molecule has 0 bridgehead atoms. The molecule has 0 fully saturated rings. The number of benzene rings is 1. The van der Waals surface area contributed by atoms with Crippen LogP contribution in [0.1, 0.15) is 32.8 Å². The first-order valence-electron chi connectivity index (χ1n) is 6.85. The molecule has 1 unspecified atom stereocenters. The summed E-state index contributed by atoms with van der Waals surface area (Å²) < 4.78 is 10.5. The number of carbonyl (C=O) groups is 1. The number of methoxy groups -OCH3 is 1. The van der Waals surface area contributed by atoms with Crippen LogP contribution in [-0.4, -0.2) is 19.6 Å². The Balaban J connectivity index is 2.56. The van der Waals surface area contributed by atoms with E-state index in [4.69, 9.17) is 15.2 Å². The van der Waals surface area contributed by atoms with Crippen molar-refractivity contribution in [2.45, 2.75) is 33.8 Å². The lowest BCUT2D eigenvalue weighted by molar-refractivity contribution is -0.150. The van der Waals surface area contributed by atoms with E-state index in [1.807, 2.05) is 24.3 Å². The van der Waals surface area contributed by atoms with Crippen molar-refractivity contribution in [3.05, 3.63) is 29.8 Å². The second-order valence-corrected chi connectivity index (χ2v) is 6.16. The summed E-state index contributed by atoms with van der Waals surface area (Å²) in [5.74, 6) is 0.273. The Morgan fingerprint density at radius 3 is 2.60 bits per heavy atom. The quantitative estimate of drug-likeness (QED) is 0.813. The SMILES string of the molecule is COc1cccc(COC(=O)C(CN)CC(C)(C)C)c1. The van der Waals surface area contributed by atoms with Crippen LogP contribution in [0.3, 0.4) is 0 Å². The van der Waals surface area contributed by atoms with Gasteiger partial charge in [0, 0.05) is 6.54 Å². The third-order valence-electron chi connectivity index (χ3n) is 2.99. The number of nitrogens with two attached hydrogens (primary N) is 1. The lowest BCUT2D eigenvalue weighted by atomic mass is 9.85. The van der Waals surface area contributed by atoms with Crippen molar-refractivity contribution >= 4 is 5.97 Å². The predicted octanol–water partition coefficient (Wildman–Crippen LogP) is 2.75. The molecule has 0 spiro atoms. The number of hydrogen-bond acceptors (Lipinski definition) is 4. The van der Waals surface area contributed by atoms with E-state index in [9.17, 15) is 4.79 Å². The minimum Gasteiger partial charge on any atom is -0.497 e. The molecule has 0 aliphatic rings. The first-order chi connectivity index (χ1) is 9.35. The smallest absolute Gasteiger partial charge is 0.310 e. The molecule has 1 aromatic carbocycles. The molecule has 2 N–H and O–H groups in total. The Hall–Kier alpha value is -1.55. The molecule has 0 amide bonds. The molecule has 1 atom stereocenters. The second kappa shape index (κ2) is 7.29. The van der Waals surface area contributed by atoms with Gasteiger partial charge < -0.3 is 15.2 Å². The van der Waals surface area contributed by atoms with Gasteiger partial charge in [-0.15, -0.1) is 0 Å². The summed E-state index contributed by atoms with van der Waals surface area (Å²) in [5, 5.41) is 0. The van der Waals surface area contributed by atoms with E-state index in [1.54, 1.807) is 7.11 Å². The van der Waals surface area contributed by atoms with Crippen molar-refractivity contribution in [1.29, 1.82) is 0 Å². The van der Waals surface area contributed by atoms with Crippen molar-refractivity contribution in [3.63, 3.8) is 0 Å². The zero-order chi connectivity index (χ0) is 15.2. The van der Waals surface area contributed by atoms with Crippen molar-refractivity contribution < 1.29 is 14.3 Å². The van der Waals surface area contributed by atoms with Crippen LogP contribution in [0, 0.1) is 11.3 Å². The van der Waals surface area contributed by atoms with Gasteiger partial charge in [-0.1, -0.05) is 32.9 Å². The van der Waals surface area contributed by atoms with Gasteiger partial charge >= 0.3 is 5.97 Å². The van der Waals surface area contributed by atoms with Crippen molar-refractivity contribution in [2.24, 2.45) is 17.1 Å². The zero-order valence-electron chi connectivity index (χ0n) is 12.8. The van der Waals surface area contributed by atoms with Crippen LogP contribution in [0.5, 0.6) is 5.75 Å². The topological polar surface area (TPSA) is 61.5 Å². The van der Waals surface area contributed by atoms with Gasteiger partial charge in [-0.2, -0.15) is 0 Å². The molecule has 0 aromatic heterocycles. The van der Waals surface area contributed by atoms with Gasteiger partial charge in [0.15, 0.2) is 0 Å². The largest absolute Gasteiger partial charge is 0.497 e. The number of rotatable bonds is 6. The number of carbonyl (C=O) groups excluding carboxylic acids is 1. The molecule has 4 heteroatoms. The number of hydrogen-bond donors (Lipinski definition) is 1. The molecule has 1 aromatic rings. The van der Waals surface area contributed by atoms with Gasteiger partial charge in [-0.25, -0.2) is 0 Å². The molecule has 0 aliphatic carbocycles. The monoisotopic (exact) mass is 279 g/mol. The first-order valence-corrected chi connectivity index (χ1v) is 6.85. The van der Waals surface area contributed by atoms with Gasteiger partial charge in [0.05, 0.1) is 13.0 Å². The molecule has 0 aliphatic heterocycles. The number of ether oxygens (including phenoxy) is 2. The van der Waals surface area contributed by atoms with Gasteiger partial charge in [-0.05, 0) is 29.5 Å². The van der Waals surface area contributed by atoms with Gasteiger partial charge in [0.2, 0.25) is 0 Å². The molecule has 0 heterocycles. The normalized spacial score (nSPS) is 12.8. The molecule has 1 rings (SSSR count). The molecule has 20 heavy (non-hydrogen) atoms. The fraction of sp³-hybridized carbons (Fsp3) is 0.562. The van der Waals surface area contributed by atoms with Crippen molar-refractivity contribution in [2.75, 3.05) is 13.7 Å². The average Bonchev–Trinajstić information content (AvgIpc) is 2.41. The third-order valence-corrected chi connectivity index (χ3v) is 2.99. The van der Waals surface area contributed by atoms with Gasteiger partial charge in [0.25, 0.3) is 0 Å². The molecule has 0 saturated heterocycles. The van der Waals surface area contributed by atoms with E-state index < -0.39 is 0 Å². The summed E-state index contributed by atoms with van der Waals surface area (Å²) >= 11 is 0. The lowest BCUT2D eigenvalue weighted by Gasteiger charge is -2.23. The Kier molecular flexibility index (Phi) is 6.02. The highest BCUT2D eigenvalue weighted by Gasteiger charge is 2.24. The van der Waals surface area contributed by atoms with Crippen LogP contribution < -0.4 is 10.5 Å². The summed E-state index contributed by atoms with van der Waals surface area (Å²) in [7, 11) is 1.61.